The van der Waals surface area contributed by atoms with Gasteiger partial charge in [-0.05, 0) is 37.1 Å². The fourth-order valence-electron chi connectivity index (χ4n) is 1.85. The van der Waals surface area contributed by atoms with Gasteiger partial charge in [0.25, 0.3) is 5.91 Å². The second-order valence-corrected chi connectivity index (χ2v) is 4.25. The number of carbonyl (C=O) groups is 2. The zero-order valence-corrected chi connectivity index (χ0v) is 10.2. The van der Waals surface area contributed by atoms with Crippen LogP contribution < -0.4 is 10.6 Å². The third-order valence-electron chi connectivity index (χ3n) is 2.69. The average molecular weight is 248 g/mol. The van der Waals surface area contributed by atoms with E-state index >= 15 is 0 Å². The molecule has 2 rings (SSSR count). The van der Waals surface area contributed by atoms with Crippen LogP contribution in [0.25, 0.3) is 0 Å². The van der Waals surface area contributed by atoms with E-state index in [0.717, 1.165) is 12.8 Å². The number of hydrogen-bond donors (Lipinski definition) is 2. The van der Waals surface area contributed by atoms with Crippen LogP contribution >= 0.6 is 0 Å². The molecule has 1 fully saturated rings. The molecule has 5 nitrogen and oxygen atoms in total. The number of anilines is 2. The van der Waals surface area contributed by atoms with Crippen molar-refractivity contribution < 1.29 is 14.3 Å². The highest BCUT2D eigenvalue weighted by atomic mass is 16.5. The lowest BCUT2D eigenvalue weighted by Crippen LogP contribution is -2.26. The van der Waals surface area contributed by atoms with Gasteiger partial charge in [0, 0.05) is 24.9 Å². The average Bonchev–Trinajstić information content (AvgIpc) is 2.84. The van der Waals surface area contributed by atoms with Crippen molar-refractivity contribution in [1.82, 2.24) is 0 Å². The first-order valence-electron chi connectivity index (χ1n) is 5.95. The van der Waals surface area contributed by atoms with E-state index in [1.165, 1.54) is 6.92 Å². The lowest BCUT2D eigenvalue weighted by Gasteiger charge is -2.10. The van der Waals surface area contributed by atoms with Crippen LogP contribution in [0.5, 0.6) is 0 Å². The van der Waals surface area contributed by atoms with Crippen molar-refractivity contribution in [3.05, 3.63) is 24.3 Å². The second-order valence-electron chi connectivity index (χ2n) is 4.25. The third kappa shape index (κ3) is 3.30. The van der Waals surface area contributed by atoms with E-state index in [-0.39, 0.29) is 17.9 Å². The van der Waals surface area contributed by atoms with Gasteiger partial charge in [0.1, 0.15) is 6.10 Å². The van der Waals surface area contributed by atoms with Crippen molar-refractivity contribution >= 4 is 23.2 Å². The van der Waals surface area contributed by atoms with E-state index in [0.29, 0.717) is 18.0 Å². The van der Waals surface area contributed by atoms with Gasteiger partial charge in [-0.1, -0.05) is 0 Å². The number of benzene rings is 1. The molecule has 18 heavy (non-hydrogen) atoms. The molecule has 0 aromatic heterocycles. The molecule has 0 bridgehead atoms. The topological polar surface area (TPSA) is 67.4 Å². The number of nitrogens with one attached hydrogen (secondary N) is 2. The molecular weight excluding hydrogens is 232 g/mol. The second kappa shape index (κ2) is 5.64. The Labute approximate surface area is 106 Å². The van der Waals surface area contributed by atoms with Crippen LogP contribution in [0.1, 0.15) is 19.8 Å². The number of rotatable bonds is 3. The van der Waals surface area contributed by atoms with Crippen LogP contribution in [-0.2, 0) is 14.3 Å². The monoisotopic (exact) mass is 248 g/mol. The van der Waals surface area contributed by atoms with E-state index in [9.17, 15) is 9.59 Å². The first kappa shape index (κ1) is 12.6. The number of carbonyl (C=O) groups excluding carboxylic acids is 2. The van der Waals surface area contributed by atoms with E-state index in [1.807, 2.05) is 0 Å². The van der Waals surface area contributed by atoms with Crippen molar-refractivity contribution in [1.29, 1.82) is 0 Å². The van der Waals surface area contributed by atoms with E-state index in [1.54, 1.807) is 24.3 Å². The van der Waals surface area contributed by atoms with Gasteiger partial charge < -0.3 is 15.4 Å². The summed E-state index contributed by atoms with van der Waals surface area (Å²) in [6.45, 7) is 2.10. The van der Waals surface area contributed by atoms with Crippen molar-refractivity contribution in [2.45, 2.75) is 25.9 Å². The molecule has 1 heterocycles. The predicted octanol–water partition coefficient (Wildman–Crippen LogP) is 1.76. The highest BCUT2D eigenvalue weighted by Gasteiger charge is 2.23. The summed E-state index contributed by atoms with van der Waals surface area (Å²) in [7, 11) is 0. The number of hydrogen-bond acceptors (Lipinski definition) is 3. The first-order valence-corrected chi connectivity index (χ1v) is 5.95. The summed E-state index contributed by atoms with van der Waals surface area (Å²) in [4.78, 5) is 22.6. The lowest BCUT2D eigenvalue weighted by molar-refractivity contribution is -0.124. The van der Waals surface area contributed by atoms with Gasteiger partial charge in [-0.3, -0.25) is 9.59 Å². The van der Waals surface area contributed by atoms with Crippen LogP contribution in [-0.4, -0.2) is 24.5 Å². The van der Waals surface area contributed by atoms with Crippen molar-refractivity contribution in [3.63, 3.8) is 0 Å². The Hall–Kier alpha value is -1.88. The Bertz CT molecular complexity index is 436. The Kier molecular flexibility index (Phi) is 3.94. The van der Waals surface area contributed by atoms with Crippen LogP contribution in [0.15, 0.2) is 24.3 Å². The minimum atomic E-state index is -0.333. The van der Waals surface area contributed by atoms with Crippen LogP contribution in [0.2, 0.25) is 0 Å². The summed E-state index contributed by atoms with van der Waals surface area (Å²) in [5.41, 5.74) is 1.40. The Morgan fingerprint density at radius 3 is 2.28 bits per heavy atom. The highest BCUT2D eigenvalue weighted by Crippen LogP contribution is 2.17. The summed E-state index contributed by atoms with van der Waals surface area (Å²) >= 11 is 0. The molecule has 0 spiro atoms. The first-order chi connectivity index (χ1) is 8.65. The Morgan fingerprint density at radius 2 is 1.78 bits per heavy atom. The molecule has 1 aromatic rings. The molecule has 0 aliphatic carbocycles. The highest BCUT2D eigenvalue weighted by molar-refractivity contribution is 5.95. The number of ether oxygens (including phenoxy) is 1. The molecule has 2 N–H and O–H groups in total. The maximum Gasteiger partial charge on any atom is 0.253 e. The molecule has 96 valence electrons. The molecule has 5 heteroatoms. The van der Waals surface area contributed by atoms with Gasteiger partial charge in [0.15, 0.2) is 0 Å². The molecule has 1 atom stereocenters. The summed E-state index contributed by atoms with van der Waals surface area (Å²) < 4.78 is 5.29. The summed E-state index contributed by atoms with van der Waals surface area (Å²) in [5, 5.41) is 5.45. The Balaban J connectivity index is 1.93. The van der Waals surface area contributed by atoms with Crippen molar-refractivity contribution in [2.75, 3.05) is 17.2 Å². The maximum absolute atomic E-state index is 11.8. The largest absolute Gasteiger partial charge is 0.368 e. The Morgan fingerprint density at radius 1 is 1.17 bits per heavy atom. The van der Waals surface area contributed by atoms with Crippen LogP contribution in [0.3, 0.4) is 0 Å². The standard InChI is InChI=1S/C13H16N2O3/c1-9(16)14-10-4-6-11(7-5-10)15-13(17)12-3-2-8-18-12/h4-7,12H,2-3,8H2,1H3,(H,14,16)(H,15,17)/t12-/m1/s1. The molecule has 0 radical (unpaired) electrons. The molecule has 2 amide bonds. The lowest BCUT2D eigenvalue weighted by atomic mass is 10.2. The zero-order valence-electron chi connectivity index (χ0n) is 10.2. The van der Waals surface area contributed by atoms with Crippen LogP contribution in [0.4, 0.5) is 11.4 Å². The predicted molar refractivity (Wildman–Crippen MR) is 68.3 cm³/mol. The third-order valence-corrected chi connectivity index (χ3v) is 2.69. The zero-order chi connectivity index (χ0) is 13.0. The van der Waals surface area contributed by atoms with Gasteiger partial charge in [-0.2, -0.15) is 0 Å². The minimum absolute atomic E-state index is 0.111. The van der Waals surface area contributed by atoms with Gasteiger partial charge in [-0.25, -0.2) is 0 Å². The molecule has 0 saturated carbocycles. The van der Waals surface area contributed by atoms with E-state index in [4.69, 9.17) is 4.74 Å². The summed E-state index contributed by atoms with van der Waals surface area (Å²) in [6.07, 6.45) is 1.37. The molecule has 0 unspecified atom stereocenters. The normalized spacial score (nSPS) is 18.4. The molecule has 1 aliphatic rings. The fraction of sp³-hybridized carbons (Fsp3) is 0.385. The molecule has 1 aliphatic heterocycles. The van der Waals surface area contributed by atoms with E-state index in [2.05, 4.69) is 10.6 Å². The van der Waals surface area contributed by atoms with Gasteiger partial charge >= 0.3 is 0 Å². The van der Waals surface area contributed by atoms with Gasteiger partial charge in [0.2, 0.25) is 5.91 Å². The van der Waals surface area contributed by atoms with Gasteiger partial charge in [-0.15, -0.1) is 0 Å². The number of amides is 2. The van der Waals surface area contributed by atoms with Crippen LogP contribution in [0, 0.1) is 0 Å². The summed E-state index contributed by atoms with van der Waals surface area (Å²) in [6, 6.07) is 6.98. The molecule has 1 saturated heterocycles. The van der Waals surface area contributed by atoms with E-state index < -0.39 is 0 Å². The maximum atomic E-state index is 11.8. The fourth-order valence-corrected chi connectivity index (χ4v) is 1.85. The van der Waals surface area contributed by atoms with Crippen molar-refractivity contribution in [3.8, 4) is 0 Å². The molecular formula is C13H16N2O3. The van der Waals surface area contributed by atoms with Crippen molar-refractivity contribution in [2.24, 2.45) is 0 Å². The summed E-state index contributed by atoms with van der Waals surface area (Å²) in [5.74, 6) is -0.231. The minimum Gasteiger partial charge on any atom is -0.368 e. The quantitative estimate of drug-likeness (QED) is 0.856. The SMILES string of the molecule is CC(=O)Nc1ccc(NC(=O)[C@H]2CCCO2)cc1. The van der Waals surface area contributed by atoms with Gasteiger partial charge in [0.05, 0.1) is 0 Å². The smallest absolute Gasteiger partial charge is 0.253 e. The molecule has 1 aromatic carbocycles.